The summed E-state index contributed by atoms with van der Waals surface area (Å²) in [5.74, 6) is -1.11. The Morgan fingerprint density at radius 1 is 1.33 bits per heavy atom. The first-order chi connectivity index (χ1) is 11.4. The number of ether oxygens (including phenoxy) is 2. The molecule has 0 fully saturated rings. The van der Waals surface area contributed by atoms with Gasteiger partial charge in [-0.3, -0.25) is 14.9 Å². The topological polar surface area (TPSA) is 90.4 Å². The lowest BCUT2D eigenvalue weighted by molar-refractivity contribution is -0.274. The fourth-order valence-electron chi connectivity index (χ4n) is 1.64. The number of carbonyl (C=O) groups is 2. The van der Waals surface area contributed by atoms with E-state index in [2.05, 4.69) is 24.1 Å². The highest BCUT2D eigenvalue weighted by Gasteiger charge is 2.32. The average Bonchev–Trinajstić information content (AvgIpc) is 2.94. The van der Waals surface area contributed by atoms with Crippen LogP contribution in [0.3, 0.4) is 0 Å². The molecule has 1 amide bonds. The van der Waals surface area contributed by atoms with Crippen molar-refractivity contribution in [1.29, 1.82) is 0 Å². The second kappa shape index (κ2) is 7.73. The molecule has 1 aromatic carbocycles. The molecule has 0 spiro atoms. The Hall–Kier alpha value is -2.69. The minimum Gasteiger partial charge on any atom is -0.467 e. The summed E-state index contributed by atoms with van der Waals surface area (Å²) in [4.78, 5) is 26.1. The second-order valence-corrected chi connectivity index (χ2v) is 4.98. The summed E-state index contributed by atoms with van der Waals surface area (Å²) in [6, 6.07) is 4.94. The lowest BCUT2D eigenvalue weighted by Crippen LogP contribution is -2.20. The van der Waals surface area contributed by atoms with Gasteiger partial charge in [-0.2, -0.15) is 4.37 Å². The second-order valence-electron chi connectivity index (χ2n) is 4.23. The lowest BCUT2D eigenvalue weighted by atomic mass is 10.2. The highest BCUT2D eigenvalue weighted by Crippen LogP contribution is 2.27. The minimum absolute atomic E-state index is 0.0792. The number of para-hydroxylation sites is 1. The lowest BCUT2D eigenvalue weighted by Gasteiger charge is -2.12. The summed E-state index contributed by atoms with van der Waals surface area (Å²) in [6.45, 7) is 0.364. The highest BCUT2D eigenvalue weighted by molar-refractivity contribution is 7.09. The number of aromatic nitrogens is 2. The Bertz CT molecular complexity index is 720. The molecule has 2 rings (SSSR count). The Labute approximate surface area is 137 Å². The molecule has 128 valence electrons. The van der Waals surface area contributed by atoms with Crippen LogP contribution >= 0.6 is 11.5 Å². The van der Waals surface area contributed by atoms with Crippen LogP contribution in [0.25, 0.3) is 0 Å². The number of hydrogen-bond acceptors (Lipinski definition) is 7. The van der Waals surface area contributed by atoms with E-state index in [1.165, 1.54) is 18.2 Å². The molecule has 1 aromatic heterocycles. The smallest absolute Gasteiger partial charge is 0.467 e. The van der Waals surface area contributed by atoms with Crippen molar-refractivity contribution in [1.82, 2.24) is 9.36 Å². The van der Waals surface area contributed by atoms with Crippen molar-refractivity contribution >= 4 is 29.0 Å². The van der Waals surface area contributed by atoms with Gasteiger partial charge >= 0.3 is 6.36 Å². The zero-order valence-electron chi connectivity index (χ0n) is 11.9. The number of alkyl halides is 3. The molecule has 0 saturated heterocycles. The van der Waals surface area contributed by atoms with E-state index in [1.807, 2.05) is 0 Å². The number of rotatable bonds is 7. The van der Waals surface area contributed by atoms with Crippen LogP contribution < -0.4 is 10.1 Å². The minimum atomic E-state index is -4.91. The van der Waals surface area contributed by atoms with Gasteiger partial charge in [0.2, 0.25) is 5.13 Å². The third-order valence-electron chi connectivity index (χ3n) is 2.56. The van der Waals surface area contributed by atoms with Crippen LogP contribution in [0.5, 0.6) is 5.75 Å². The van der Waals surface area contributed by atoms with E-state index in [-0.39, 0.29) is 30.2 Å². The zero-order chi connectivity index (χ0) is 17.6. The van der Waals surface area contributed by atoms with Crippen LogP contribution in [0, 0.1) is 0 Å². The maximum Gasteiger partial charge on any atom is 0.573 e. The van der Waals surface area contributed by atoms with E-state index >= 15 is 0 Å². The molecule has 0 aliphatic carbocycles. The SMILES string of the molecule is O=COCCc1nsc(NC(=O)c2ccccc2OC(F)(F)F)n1. The van der Waals surface area contributed by atoms with Gasteiger partial charge in [0.1, 0.15) is 11.6 Å². The fraction of sp³-hybridized carbons (Fsp3) is 0.231. The van der Waals surface area contributed by atoms with E-state index in [9.17, 15) is 22.8 Å². The molecule has 1 heterocycles. The molecule has 0 bridgehead atoms. The largest absolute Gasteiger partial charge is 0.573 e. The normalized spacial score (nSPS) is 11.0. The molecule has 0 radical (unpaired) electrons. The Morgan fingerprint density at radius 2 is 2.08 bits per heavy atom. The van der Waals surface area contributed by atoms with Gasteiger partial charge in [-0.25, -0.2) is 4.98 Å². The van der Waals surface area contributed by atoms with E-state index < -0.39 is 18.0 Å². The fourth-order valence-corrected chi connectivity index (χ4v) is 2.25. The number of hydrogen-bond donors (Lipinski definition) is 1. The maximum absolute atomic E-state index is 12.4. The summed E-state index contributed by atoms with van der Waals surface area (Å²) in [6.07, 6.45) is -4.66. The zero-order valence-corrected chi connectivity index (χ0v) is 12.7. The van der Waals surface area contributed by atoms with Crippen molar-refractivity contribution in [2.45, 2.75) is 12.8 Å². The van der Waals surface area contributed by atoms with Gasteiger partial charge in [-0.1, -0.05) is 12.1 Å². The number of carbonyl (C=O) groups excluding carboxylic acids is 2. The van der Waals surface area contributed by atoms with Crippen LogP contribution in [-0.2, 0) is 16.0 Å². The highest BCUT2D eigenvalue weighted by atomic mass is 32.1. The van der Waals surface area contributed by atoms with Crippen LogP contribution in [0.4, 0.5) is 18.3 Å². The van der Waals surface area contributed by atoms with Crippen LogP contribution in [0.15, 0.2) is 24.3 Å². The number of anilines is 1. The molecule has 0 unspecified atom stereocenters. The number of benzene rings is 1. The molecule has 7 nitrogen and oxygen atoms in total. The first-order valence-electron chi connectivity index (χ1n) is 6.43. The number of halogens is 3. The monoisotopic (exact) mass is 361 g/mol. The number of nitrogens with one attached hydrogen (secondary N) is 1. The van der Waals surface area contributed by atoms with E-state index in [0.717, 1.165) is 17.6 Å². The van der Waals surface area contributed by atoms with Crippen molar-refractivity contribution in [3.63, 3.8) is 0 Å². The van der Waals surface area contributed by atoms with Crippen molar-refractivity contribution < 1.29 is 32.2 Å². The Kier molecular flexibility index (Phi) is 5.68. The molecule has 0 atom stereocenters. The van der Waals surface area contributed by atoms with Gasteiger partial charge in [0.15, 0.2) is 0 Å². The summed E-state index contributed by atoms with van der Waals surface area (Å²) in [5.41, 5.74) is -0.295. The van der Waals surface area contributed by atoms with Crippen molar-refractivity contribution in [3.05, 3.63) is 35.7 Å². The Balaban J connectivity index is 2.06. The predicted octanol–water partition coefficient (Wildman–Crippen LogP) is 2.40. The van der Waals surface area contributed by atoms with E-state index in [0.29, 0.717) is 5.82 Å². The van der Waals surface area contributed by atoms with Crippen LogP contribution in [0.2, 0.25) is 0 Å². The third kappa shape index (κ3) is 5.19. The predicted molar refractivity (Wildman–Crippen MR) is 76.7 cm³/mol. The summed E-state index contributed by atoms with van der Waals surface area (Å²) in [5, 5.41) is 2.44. The molecular formula is C13H10F3N3O4S. The van der Waals surface area contributed by atoms with Gasteiger partial charge in [0.05, 0.1) is 12.2 Å². The first-order valence-corrected chi connectivity index (χ1v) is 7.20. The van der Waals surface area contributed by atoms with Gasteiger partial charge in [-0.15, -0.1) is 13.2 Å². The standard InChI is InChI=1S/C13H10F3N3O4S/c14-13(15,16)23-9-4-2-1-3-8(9)11(21)18-12-17-10(19-24-12)5-6-22-7-20/h1-4,7H,5-6H2,(H,17,18,19,21). The van der Waals surface area contributed by atoms with Crippen molar-refractivity contribution in [2.24, 2.45) is 0 Å². The molecule has 0 saturated carbocycles. The summed E-state index contributed by atoms with van der Waals surface area (Å²) < 4.78 is 49.3. The van der Waals surface area contributed by atoms with E-state index in [4.69, 9.17) is 0 Å². The van der Waals surface area contributed by atoms with Gasteiger partial charge in [-0.05, 0) is 12.1 Å². The molecule has 24 heavy (non-hydrogen) atoms. The molecule has 11 heteroatoms. The first kappa shape index (κ1) is 17.7. The number of amides is 1. The molecule has 0 aliphatic rings. The van der Waals surface area contributed by atoms with Crippen molar-refractivity contribution in [2.75, 3.05) is 11.9 Å². The van der Waals surface area contributed by atoms with Crippen LogP contribution in [0.1, 0.15) is 16.2 Å². The average molecular weight is 361 g/mol. The molecule has 2 aromatic rings. The molecular weight excluding hydrogens is 351 g/mol. The number of nitrogens with zero attached hydrogens (tertiary/aromatic N) is 2. The Morgan fingerprint density at radius 3 is 2.79 bits per heavy atom. The maximum atomic E-state index is 12.4. The molecule has 0 aliphatic heterocycles. The van der Waals surface area contributed by atoms with Gasteiger partial charge in [0, 0.05) is 18.0 Å². The van der Waals surface area contributed by atoms with Gasteiger partial charge < -0.3 is 9.47 Å². The van der Waals surface area contributed by atoms with E-state index in [1.54, 1.807) is 0 Å². The van der Waals surface area contributed by atoms with Crippen LogP contribution in [-0.4, -0.2) is 34.7 Å². The van der Waals surface area contributed by atoms with Gasteiger partial charge in [0.25, 0.3) is 12.4 Å². The summed E-state index contributed by atoms with van der Waals surface area (Å²) >= 11 is 0.850. The van der Waals surface area contributed by atoms with Crippen molar-refractivity contribution in [3.8, 4) is 5.75 Å². The molecule has 1 N–H and O–H groups in total. The quantitative estimate of drug-likeness (QED) is 0.602. The summed E-state index contributed by atoms with van der Waals surface area (Å²) in [7, 11) is 0. The third-order valence-corrected chi connectivity index (χ3v) is 3.23.